The van der Waals surface area contributed by atoms with Gasteiger partial charge in [0.15, 0.2) is 0 Å². The Kier molecular flexibility index (Phi) is 4.48. The summed E-state index contributed by atoms with van der Waals surface area (Å²) in [5, 5.41) is 9.09. The quantitative estimate of drug-likeness (QED) is 0.808. The normalized spacial score (nSPS) is 18.5. The summed E-state index contributed by atoms with van der Waals surface area (Å²) in [6, 6.07) is 4.13. The summed E-state index contributed by atoms with van der Waals surface area (Å²) < 4.78 is 0. The van der Waals surface area contributed by atoms with Crippen LogP contribution in [0.5, 0.6) is 0 Å². The highest BCUT2D eigenvalue weighted by Crippen LogP contribution is 2.18. The monoisotopic (exact) mass is 235 g/mol. The topological polar surface area (TPSA) is 62.4 Å². The van der Waals surface area contributed by atoms with Gasteiger partial charge in [-0.1, -0.05) is 0 Å². The summed E-state index contributed by atoms with van der Waals surface area (Å²) >= 11 is 0. The second-order valence-electron chi connectivity index (χ2n) is 4.76. The Labute approximate surface area is 102 Å². The van der Waals surface area contributed by atoms with Gasteiger partial charge in [-0.25, -0.2) is 0 Å². The van der Waals surface area contributed by atoms with Gasteiger partial charge < -0.3 is 10.8 Å². The molecule has 0 saturated carbocycles. The minimum absolute atomic E-state index is 0.334. The lowest BCUT2D eigenvalue weighted by molar-refractivity contribution is 0.127. The Bertz CT molecular complexity index is 348. The van der Waals surface area contributed by atoms with E-state index in [-0.39, 0.29) is 0 Å². The molecule has 0 spiro atoms. The molecule has 17 heavy (non-hydrogen) atoms. The lowest BCUT2D eigenvalue weighted by atomic mass is 9.97. The van der Waals surface area contributed by atoms with Crippen LogP contribution in [-0.2, 0) is 13.1 Å². The van der Waals surface area contributed by atoms with E-state index in [1.165, 1.54) is 5.56 Å². The first-order chi connectivity index (χ1) is 8.31. The van der Waals surface area contributed by atoms with E-state index >= 15 is 0 Å². The summed E-state index contributed by atoms with van der Waals surface area (Å²) in [4.78, 5) is 6.63. The predicted molar refractivity (Wildman–Crippen MR) is 67.2 cm³/mol. The lowest BCUT2D eigenvalue weighted by Crippen LogP contribution is -2.34. The van der Waals surface area contributed by atoms with Crippen molar-refractivity contribution in [2.45, 2.75) is 25.9 Å². The number of aliphatic hydroxyl groups excluding tert-OH is 1. The smallest absolute Gasteiger partial charge is 0.0542 e. The maximum absolute atomic E-state index is 9.09. The fourth-order valence-electron chi connectivity index (χ4n) is 2.32. The van der Waals surface area contributed by atoms with E-state index in [1.807, 2.05) is 6.20 Å². The zero-order chi connectivity index (χ0) is 12.1. The molecule has 1 aliphatic heterocycles. The van der Waals surface area contributed by atoms with Crippen molar-refractivity contribution in [3.05, 3.63) is 29.6 Å². The van der Waals surface area contributed by atoms with Crippen LogP contribution in [0.4, 0.5) is 0 Å². The van der Waals surface area contributed by atoms with Crippen molar-refractivity contribution in [2.75, 3.05) is 19.7 Å². The molecule has 0 bridgehead atoms. The Hall–Kier alpha value is -0.970. The van der Waals surface area contributed by atoms with E-state index in [0.717, 1.165) is 38.2 Å². The van der Waals surface area contributed by atoms with Crippen molar-refractivity contribution < 1.29 is 5.11 Å². The van der Waals surface area contributed by atoms with Gasteiger partial charge in [-0.05, 0) is 49.5 Å². The summed E-state index contributed by atoms with van der Waals surface area (Å²) in [5.41, 5.74) is 7.82. The van der Waals surface area contributed by atoms with Crippen molar-refractivity contribution in [2.24, 2.45) is 11.7 Å². The Morgan fingerprint density at radius 3 is 2.82 bits per heavy atom. The fourth-order valence-corrected chi connectivity index (χ4v) is 2.32. The minimum atomic E-state index is 0.334. The summed E-state index contributed by atoms with van der Waals surface area (Å²) in [6.07, 6.45) is 4.04. The van der Waals surface area contributed by atoms with Crippen LogP contribution in [0, 0.1) is 5.92 Å². The van der Waals surface area contributed by atoms with Gasteiger partial charge in [0.05, 0.1) is 5.69 Å². The molecule has 94 valence electrons. The molecule has 1 aromatic heterocycles. The maximum Gasteiger partial charge on any atom is 0.0542 e. The van der Waals surface area contributed by atoms with Crippen molar-refractivity contribution in [1.82, 2.24) is 9.88 Å². The van der Waals surface area contributed by atoms with Gasteiger partial charge in [-0.2, -0.15) is 0 Å². The molecule has 0 aliphatic carbocycles. The highest BCUT2D eigenvalue weighted by molar-refractivity contribution is 5.16. The third kappa shape index (κ3) is 3.49. The Balaban J connectivity index is 1.88. The summed E-state index contributed by atoms with van der Waals surface area (Å²) in [5.74, 6) is 0.503. The molecule has 0 aromatic carbocycles. The molecule has 0 radical (unpaired) electrons. The number of piperidine rings is 1. The molecule has 4 heteroatoms. The molecule has 2 rings (SSSR count). The van der Waals surface area contributed by atoms with Gasteiger partial charge in [0, 0.05) is 25.9 Å². The molecule has 0 unspecified atom stereocenters. The lowest BCUT2D eigenvalue weighted by Gasteiger charge is -2.31. The van der Waals surface area contributed by atoms with Crippen LogP contribution in [-0.4, -0.2) is 34.7 Å². The summed E-state index contributed by atoms with van der Waals surface area (Å²) in [7, 11) is 0. The number of aromatic nitrogens is 1. The van der Waals surface area contributed by atoms with Gasteiger partial charge >= 0.3 is 0 Å². The molecular weight excluding hydrogens is 214 g/mol. The number of nitrogens with two attached hydrogens (primary N) is 1. The van der Waals surface area contributed by atoms with E-state index in [0.29, 0.717) is 19.1 Å². The zero-order valence-electron chi connectivity index (χ0n) is 10.2. The molecular formula is C13H21N3O. The largest absolute Gasteiger partial charge is 0.396 e. The molecule has 1 fully saturated rings. The second kappa shape index (κ2) is 6.10. The van der Waals surface area contributed by atoms with Gasteiger partial charge in [-0.15, -0.1) is 0 Å². The highest BCUT2D eigenvalue weighted by Gasteiger charge is 2.18. The average Bonchev–Trinajstić information content (AvgIpc) is 2.40. The standard InChI is InChI=1S/C13H21N3O/c14-8-13-7-12(1-4-15-13)9-16-5-2-11(10-17)3-6-16/h1,4,7,11,17H,2-3,5-6,8-10,14H2. The number of rotatable bonds is 4. The molecule has 1 aliphatic rings. The second-order valence-corrected chi connectivity index (χ2v) is 4.76. The fraction of sp³-hybridized carbons (Fsp3) is 0.615. The number of pyridine rings is 1. The van der Waals surface area contributed by atoms with Crippen LogP contribution in [0.1, 0.15) is 24.1 Å². The minimum Gasteiger partial charge on any atom is -0.396 e. The average molecular weight is 235 g/mol. The van der Waals surface area contributed by atoms with Crippen LogP contribution in [0.15, 0.2) is 18.3 Å². The number of nitrogens with zero attached hydrogens (tertiary/aromatic N) is 2. The first-order valence-corrected chi connectivity index (χ1v) is 6.29. The predicted octanol–water partition coefficient (Wildman–Crippen LogP) is 0.745. The molecule has 0 atom stereocenters. The first kappa shape index (κ1) is 12.5. The van der Waals surface area contributed by atoms with E-state index in [4.69, 9.17) is 10.8 Å². The molecule has 0 amide bonds. The van der Waals surface area contributed by atoms with Gasteiger partial charge in [0.25, 0.3) is 0 Å². The molecule has 4 nitrogen and oxygen atoms in total. The van der Waals surface area contributed by atoms with Crippen LogP contribution >= 0.6 is 0 Å². The number of aliphatic hydroxyl groups is 1. The zero-order valence-corrected chi connectivity index (χ0v) is 10.2. The van der Waals surface area contributed by atoms with Crippen molar-refractivity contribution in [1.29, 1.82) is 0 Å². The number of hydrogen-bond donors (Lipinski definition) is 2. The maximum atomic E-state index is 9.09. The first-order valence-electron chi connectivity index (χ1n) is 6.29. The van der Waals surface area contributed by atoms with Crippen LogP contribution in [0.2, 0.25) is 0 Å². The van der Waals surface area contributed by atoms with Crippen LogP contribution in [0.25, 0.3) is 0 Å². The van der Waals surface area contributed by atoms with Crippen molar-refractivity contribution in [3.63, 3.8) is 0 Å². The molecule has 1 saturated heterocycles. The van der Waals surface area contributed by atoms with Crippen LogP contribution in [0.3, 0.4) is 0 Å². The number of hydrogen-bond acceptors (Lipinski definition) is 4. The molecule has 3 N–H and O–H groups in total. The van der Waals surface area contributed by atoms with E-state index in [9.17, 15) is 0 Å². The third-order valence-electron chi connectivity index (χ3n) is 3.46. The van der Waals surface area contributed by atoms with Gasteiger partial charge in [0.2, 0.25) is 0 Å². The molecule has 2 heterocycles. The Morgan fingerprint density at radius 2 is 2.18 bits per heavy atom. The highest BCUT2D eigenvalue weighted by atomic mass is 16.3. The molecule has 1 aromatic rings. The Morgan fingerprint density at radius 1 is 1.41 bits per heavy atom. The van der Waals surface area contributed by atoms with E-state index in [1.54, 1.807) is 0 Å². The van der Waals surface area contributed by atoms with Crippen molar-refractivity contribution >= 4 is 0 Å². The third-order valence-corrected chi connectivity index (χ3v) is 3.46. The van der Waals surface area contributed by atoms with Crippen LogP contribution < -0.4 is 5.73 Å². The van der Waals surface area contributed by atoms with E-state index < -0.39 is 0 Å². The SMILES string of the molecule is NCc1cc(CN2CCC(CO)CC2)ccn1. The van der Waals surface area contributed by atoms with Crippen molar-refractivity contribution in [3.8, 4) is 0 Å². The number of likely N-dealkylation sites (tertiary alicyclic amines) is 1. The van der Waals surface area contributed by atoms with Gasteiger partial charge in [0.1, 0.15) is 0 Å². The van der Waals surface area contributed by atoms with E-state index in [2.05, 4.69) is 22.0 Å². The summed E-state index contributed by atoms with van der Waals surface area (Å²) in [6.45, 7) is 3.95. The van der Waals surface area contributed by atoms with Gasteiger partial charge in [-0.3, -0.25) is 9.88 Å².